The van der Waals surface area contributed by atoms with Gasteiger partial charge in [0.1, 0.15) is 5.75 Å². The van der Waals surface area contributed by atoms with E-state index in [1.807, 2.05) is 43.3 Å². The first-order chi connectivity index (χ1) is 14.2. The molecule has 0 bridgehead atoms. The van der Waals surface area contributed by atoms with Crippen LogP contribution in [0.3, 0.4) is 0 Å². The van der Waals surface area contributed by atoms with E-state index >= 15 is 0 Å². The van der Waals surface area contributed by atoms with Gasteiger partial charge in [0.25, 0.3) is 0 Å². The Morgan fingerprint density at radius 3 is 2.72 bits per heavy atom. The molecule has 0 saturated heterocycles. The average molecular weight is 410 g/mol. The second-order valence-electron chi connectivity index (χ2n) is 6.98. The van der Waals surface area contributed by atoms with Crippen LogP contribution >= 0.6 is 11.8 Å². The van der Waals surface area contributed by atoms with E-state index in [9.17, 15) is 4.79 Å². The van der Waals surface area contributed by atoms with Crippen molar-refractivity contribution in [3.63, 3.8) is 0 Å². The normalized spacial score (nSPS) is 14.4. The van der Waals surface area contributed by atoms with Gasteiger partial charge in [0, 0.05) is 30.5 Å². The molecule has 29 heavy (non-hydrogen) atoms. The maximum atomic E-state index is 12.6. The van der Waals surface area contributed by atoms with Gasteiger partial charge in [-0.25, -0.2) is 0 Å². The van der Waals surface area contributed by atoms with Crippen LogP contribution in [0.2, 0.25) is 0 Å². The quantitative estimate of drug-likeness (QED) is 0.574. The third-order valence-electron chi connectivity index (χ3n) is 4.77. The van der Waals surface area contributed by atoms with Crippen LogP contribution in [0.15, 0.2) is 53.9 Å². The van der Waals surface area contributed by atoms with Crippen molar-refractivity contribution in [3.05, 3.63) is 54.4 Å². The average Bonchev–Trinajstić information content (AvgIpc) is 3.52. The summed E-state index contributed by atoms with van der Waals surface area (Å²) >= 11 is 1.44. The number of methoxy groups -OCH3 is 1. The highest BCUT2D eigenvalue weighted by Gasteiger charge is 2.31. The zero-order valence-electron chi connectivity index (χ0n) is 16.4. The zero-order valence-corrected chi connectivity index (χ0v) is 17.2. The SMILES string of the molecule is COc1ccc(CNC(=O)[C@@H](C)Sc2nnc(-c3cccnc3)n2C2CC2)cc1. The van der Waals surface area contributed by atoms with E-state index in [0.29, 0.717) is 12.6 Å². The summed E-state index contributed by atoms with van der Waals surface area (Å²) in [4.78, 5) is 16.8. The molecule has 0 spiro atoms. The Balaban J connectivity index is 1.42. The van der Waals surface area contributed by atoms with E-state index in [0.717, 1.165) is 40.7 Å². The summed E-state index contributed by atoms with van der Waals surface area (Å²) in [6, 6.07) is 11.9. The second kappa shape index (κ2) is 8.65. The van der Waals surface area contributed by atoms with E-state index < -0.39 is 0 Å². The first kappa shape index (κ1) is 19.4. The van der Waals surface area contributed by atoms with E-state index in [1.54, 1.807) is 19.5 Å². The standard InChI is InChI=1S/C21H23N5O2S/c1-14(20(27)23-12-15-5-9-18(28-2)10-6-15)29-21-25-24-19(26(21)17-7-8-17)16-4-3-11-22-13-16/h3-6,9-11,13-14,17H,7-8,12H2,1-2H3,(H,23,27)/t14-/m1/s1. The number of aromatic nitrogens is 4. The number of hydrogen-bond donors (Lipinski definition) is 1. The van der Waals surface area contributed by atoms with Gasteiger partial charge in [-0.05, 0) is 49.6 Å². The minimum Gasteiger partial charge on any atom is -0.497 e. The molecule has 1 saturated carbocycles. The summed E-state index contributed by atoms with van der Waals surface area (Å²) in [5.74, 6) is 1.58. The molecule has 1 N–H and O–H groups in total. The number of amides is 1. The lowest BCUT2D eigenvalue weighted by Crippen LogP contribution is -2.30. The lowest BCUT2D eigenvalue weighted by Gasteiger charge is -2.13. The van der Waals surface area contributed by atoms with Gasteiger partial charge in [0.05, 0.1) is 12.4 Å². The molecule has 0 aliphatic heterocycles. The number of benzene rings is 1. The van der Waals surface area contributed by atoms with Crippen molar-refractivity contribution >= 4 is 17.7 Å². The molecule has 1 aromatic carbocycles. The minimum atomic E-state index is -0.281. The van der Waals surface area contributed by atoms with Gasteiger partial charge in [-0.3, -0.25) is 14.3 Å². The fraction of sp³-hybridized carbons (Fsp3) is 0.333. The summed E-state index contributed by atoms with van der Waals surface area (Å²) in [6.07, 6.45) is 5.75. The topological polar surface area (TPSA) is 81.9 Å². The number of rotatable bonds is 8. The van der Waals surface area contributed by atoms with Gasteiger partial charge in [0.2, 0.25) is 5.91 Å². The van der Waals surface area contributed by atoms with E-state index in [1.165, 1.54) is 11.8 Å². The summed E-state index contributed by atoms with van der Waals surface area (Å²) < 4.78 is 7.31. The number of pyridine rings is 1. The smallest absolute Gasteiger partial charge is 0.233 e. The second-order valence-corrected chi connectivity index (χ2v) is 8.28. The molecule has 150 valence electrons. The van der Waals surface area contributed by atoms with Crippen LogP contribution < -0.4 is 10.1 Å². The van der Waals surface area contributed by atoms with Gasteiger partial charge in [0.15, 0.2) is 11.0 Å². The maximum Gasteiger partial charge on any atom is 0.233 e. The third kappa shape index (κ3) is 4.59. The number of ether oxygens (including phenoxy) is 1. The molecule has 0 unspecified atom stereocenters. The highest BCUT2D eigenvalue weighted by atomic mass is 32.2. The van der Waals surface area contributed by atoms with Crippen LogP contribution in [-0.2, 0) is 11.3 Å². The predicted molar refractivity (Wildman–Crippen MR) is 112 cm³/mol. The molecule has 2 heterocycles. The Morgan fingerprint density at radius 1 is 1.28 bits per heavy atom. The summed E-state index contributed by atoms with van der Waals surface area (Å²) in [7, 11) is 1.63. The molecule has 8 heteroatoms. The van der Waals surface area contributed by atoms with Gasteiger partial charge < -0.3 is 10.1 Å². The van der Waals surface area contributed by atoms with Crippen molar-refractivity contribution in [3.8, 4) is 17.1 Å². The van der Waals surface area contributed by atoms with Crippen molar-refractivity contribution in [1.29, 1.82) is 0 Å². The largest absolute Gasteiger partial charge is 0.497 e. The molecular formula is C21H23N5O2S. The number of carbonyl (C=O) groups is 1. The van der Waals surface area contributed by atoms with Crippen LogP contribution in [0, 0.1) is 0 Å². The molecule has 1 fully saturated rings. The number of carbonyl (C=O) groups excluding carboxylic acids is 1. The van der Waals surface area contributed by atoms with E-state index in [4.69, 9.17) is 4.74 Å². The summed E-state index contributed by atoms with van der Waals surface area (Å²) in [6.45, 7) is 2.37. The Kier molecular flexibility index (Phi) is 5.80. The molecule has 1 atom stereocenters. The van der Waals surface area contributed by atoms with Gasteiger partial charge in [-0.15, -0.1) is 10.2 Å². The molecule has 1 aliphatic rings. The summed E-state index contributed by atoms with van der Waals surface area (Å²) in [5.41, 5.74) is 1.96. The number of hydrogen-bond acceptors (Lipinski definition) is 6. The fourth-order valence-corrected chi connectivity index (χ4v) is 3.94. The molecule has 4 rings (SSSR count). The minimum absolute atomic E-state index is 0.0286. The lowest BCUT2D eigenvalue weighted by molar-refractivity contribution is -0.120. The van der Waals surface area contributed by atoms with Crippen molar-refractivity contribution in [2.24, 2.45) is 0 Å². The van der Waals surface area contributed by atoms with E-state index in [-0.39, 0.29) is 11.2 Å². The van der Waals surface area contributed by atoms with Gasteiger partial charge in [-0.1, -0.05) is 23.9 Å². The number of nitrogens with one attached hydrogen (secondary N) is 1. The van der Waals surface area contributed by atoms with Gasteiger partial charge >= 0.3 is 0 Å². The molecule has 1 amide bonds. The van der Waals surface area contributed by atoms with Crippen LogP contribution in [-0.4, -0.2) is 38.0 Å². The Hall–Kier alpha value is -2.87. The zero-order chi connectivity index (χ0) is 20.2. The van der Waals surface area contributed by atoms with Crippen LogP contribution in [0.5, 0.6) is 5.75 Å². The first-order valence-electron chi connectivity index (χ1n) is 9.58. The third-order valence-corrected chi connectivity index (χ3v) is 5.83. The Morgan fingerprint density at radius 2 is 2.07 bits per heavy atom. The molecule has 2 aromatic heterocycles. The molecule has 3 aromatic rings. The van der Waals surface area contributed by atoms with Gasteiger partial charge in [-0.2, -0.15) is 0 Å². The van der Waals surface area contributed by atoms with Crippen molar-refractivity contribution in [2.45, 2.75) is 42.8 Å². The van der Waals surface area contributed by atoms with Crippen LogP contribution in [0.4, 0.5) is 0 Å². The highest BCUT2D eigenvalue weighted by molar-refractivity contribution is 8.00. The monoisotopic (exact) mass is 409 g/mol. The first-order valence-corrected chi connectivity index (χ1v) is 10.5. The molecule has 0 radical (unpaired) electrons. The molecule has 1 aliphatic carbocycles. The summed E-state index contributed by atoms with van der Waals surface area (Å²) in [5, 5.41) is 12.2. The molecular weight excluding hydrogens is 386 g/mol. The Labute approximate surface area is 173 Å². The fourth-order valence-electron chi connectivity index (χ4n) is 3.00. The van der Waals surface area contributed by atoms with Crippen LogP contribution in [0.25, 0.3) is 11.4 Å². The van der Waals surface area contributed by atoms with Crippen molar-refractivity contribution in [1.82, 2.24) is 25.1 Å². The Bertz CT molecular complexity index is 970. The van der Waals surface area contributed by atoms with Crippen LogP contribution in [0.1, 0.15) is 31.4 Å². The van der Waals surface area contributed by atoms with Crippen molar-refractivity contribution in [2.75, 3.05) is 7.11 Å². The predicted octanol–water partition coefficient (Wildman–Crippen LogP) is 3.48. The van der Waals surface area contributed by atoms with Crippen molar-refractivity contribution < 1.29 is 9.53 Å². The lowest BCUT2D eigenvalue weighted by atomic mass is 10.2. The molecule has 7 nitrogen and oxygen atoms in total. The number of thioether (sulfide) groups is 1. The maximum absolute atomic E-state index is 12.6. The highest BCUT2D eigenvalue weighted by Crippen LogP contribution is 2.41. The number of nitrogens with zero attached hydrogens (tertiary/aromatic N) is 4. The van der Waals surface area contributed by atoms with E-state index in [2.05, 4.69) is 25.1 Å².